The fourth-order valence-electron chi connectivity index (χ4n) is 3.54. The van der Waals surface area contributed by atoms with Crippen LogP contribution in [0, 0.1) is 0 Å². The zero-order valence-electron chi connectivity index (χ0n) is 13.2. The summed E-state index contributed by atoms with van der Waals surface area (Å²) in [4.78, 5) is 24.0. The first-order valence-corrected chi connectivity index (χ1v) is 8.38. The Morgan fingerprint density at radius 2 is 2.17 bits per heavy atom. The van der Waals surface area contributed by atoms with Gasteiger partial charge in [0.1, 0.15) is 12.4 Å². The number of carbonyl (C=O) groups is 1. The van der Waals surface area contributed by atoms with Crippen molar-refractivity contribution in [2.45, 2.75) is 18.8 Å². The molecule has 6 nitrogen and oxygen atoms in total. The molecule has 0 aliphatic carbocycles. The SMILES string of the molecule is O=C1OCCN1CCN1CCC[C@H](c2nc3ccccc3[nH]2)C1. The summed E-state index contributed by atoms with van der Waals surface area (Å²) < 4.78 is 4.98. The van der Waals surface area contributed by atoms with Crippen molar-refractivity contribution in [3.05, 3.63) is 30.1 Å². The summed E-state index contributed by atoms with van der Waals surface area (Å²) in [6, 6.07) is 8.18. The first-order valence-electron chi connectivity index (χ1n) is 8.38. The fourth-order valence-corrected chi connectivity index (χ4v) is 3.54. The number of aromatic nitrogens is 2. The average Bonchev–Trinajstić information content (AvgIpc) is 3.19. The number of nitrogens with zero attached hydrogens (tertiary/aromatic N) is 3. The van der Waals surface area contributed by atoms with Gasteiger partial charge in [-0.05, 0) is 31.5 Å². The molecule has 2 fully saturated rings. The van der Waals surface area contributed by atoms with Crippen LogP contribution in [-0.4, -0.2) is 65.2 Å². The van der Waals surface area contributed by atoms with Crippen LogP contribution in [0.15, 0.2) is 24.3 Å². The second-order valence-corrected chi connectivity index (χ2v) is 6.38. The predicted octanol–water partition coefficient (Wildman–Crippen LogP) is 2.19. The number of imidazole rings is 1. The summed E-state index contributed by atoms with van der Waals surface area (Å²) in [6.07, 6.45) is 2.17. The van der Waals surface area contributed by atoms with Crippen molar-refractivity contribution < 1.29 is 9.53 Å². The van der Waals surface area contributed by atoms with Crippen molar-refractivity contribution >= 4 is 17.1 Å². The second kappa shape index (κ2) is 6.20. The van der Waals surface area contributed by atoms with Crippen molar-refractivity contribution in [3.8, 4) is 0 Å². The third-order valence-corrected chi connectivity index (χ3v) is 4.83. The van der Waals surface area contributed by atoms with Gasteiger partial charge in [0.15, 0.2) is 0 Å². The Balaban J connectivity index is 1.39. The Morgan fingerprint density at radius 3 is 3.00 bits per heavy atom. The van der Waals surface area contributed by atoms with E-state index < -0.39 is 0 Å². The number of piperidine rings is 1. The van der Waals surface area contributed by atoms with Crippen molar-refractivity contribution in [1.29, 1.82) is 0 Å². The van der Waals surface area contributed by atoms with E-state index in [1.165, 1.54) is 12.8 Å². The lowest BCUT2D eigenvalue weighted by Crippen LogP contribution is -2.40. The number of rotatable bonds is 4. The maximum atomic E-state index is 11.5. The number of hydrogen-bond donors (Lipinski definition) is 1. The molecule has 1 N–H and O–H groups in total. The number of ether oxygens (including phenoxy) is 1. The molecule has 0 radical (unpaired) electrons. The minimum Gasteiger partial charge on any atom is -0.448 e. The summed E-state index contributed by atoms with van der Waals surface area (Å²) in [5.74, 6) is 1.54. The highest BCUT2D eigenvalue weighted by Gasteiger charge is 2.26. The topological polar surface area (TPSA) is 61.5 Å². The van der Waals surface area contributed by atoms with Gasteiger partial charge in [-0.25, -0.2) is 9.78 Å². The molecule has 1 atom stereocenters. The number of H-pyrrole nitrogens is 1. The van der Waals surface area contributed by atoms with E-state index in [0.29, 0.717) is 12.5 Å². The molecule has 3 heterocycles. The quantitative estimate of drug-likeness (QED) is 0.940. The number of para-hydroxylation sites is 2. The number of nitrogens with one attached hydrogen (secondary N) is 1. The number of amides is 1. The number of cyclic esters (lactones) is 1. The largest absolute Gasteiger partial charge is 0.448 e. The molecule has 1 amide bonds. The van der Waals surface area contributed by atoms with Crippen LogP contribution in [-0.2, 0) is 4.74 Å². The maximum Gasteiger partial charge on any atom is 0.409 e. The van der Waals surface area contributed by atoms with Crippen molar-refractivity contribution in [3.63, 3.8) is 0 Å². The lowest BCUT2D eigenvalue weighted by Gasteiger charge is -2.32. The molecule has 2 saturated heterocycles. The highest BCUT2D eigenvalue weighted by molar-refractivity contribution is 5.74. The van der Waals surface area contributed by atoms with Gasteiger partial charge in [0.2, 0.25) is 0 Å². The lowest BCUT2D eigenvalue weighted by molar-refractivity contribution is 0.148. The minimum atomic E-state index is -0.171. The van der Waals surface area contributed by atoms with Crippen LogP contribution in [0.3, 0.4) is 0 Å². The molecule has 23 heavy (non-hydrogen) atoms. The molecule has 1 aromatic heterocycles. The van der Waals surface area contributed by atoms with E-state index in [4.69, 9.17) is 9.72 Å². The molecule has 0 bridgehead atoms. The van der Waals surface area contributed by atoms with Crippen LogP contribution in [0.4, 0.5) is 4.79 Å². The highest BCUT2D eigenvalue weighted by atomic mass is 16.6. The minimum absolute atomic E-state index is 0.171. The van der Waals surface area contributed by atoms with E-state index in [9.17, 15) is 4.79 Å². The third kappa shape index (κ3) is 3.03. The van der Waals surface area contributed by atoms with Crippen LogP contribution < -0.4 is 0 Å². The first kappa shape index (κ1) is 14.5. The van der Waals surface area contributed by atoms with E-state index in [-0.39, 0.29) is 6.09 Å². The molecule has 0 saturated carbocycles. The number of hydrogen-bond acceptors (Lipinski definition) is 4. The molecule has 2 aliphatic heterocycles. The van der Waals surface area contributed by atoms with Crippen LogP contribution in [0.25, 0.3) is 11.0 Å². The molecule has 4 rings (SSSR count). The molecule has 2 aliphatic rings. The predicted molar refractivity (Wildman–Crippen MR) is 87.4 cm³/mol. The number of benzene rings is 1. The molecule has 0 spiro atoms. The Bertz CT molecular complexity index is 666. The van der Waals surface area contributed by atoms with Gasteiger partial charge in [0.05, 0.1) is 17.6 Å². The molecule has 122 valence electrons. The van der Waals surface area contributed by atoms with Gasteiger partial charge in [-0.2, -0.15) is 0 Å². The van der Waals surface area contributed by atoms with E-state index in [2.05, 4.69) is 22.0 Å². The Kier molecular flexibility index (Phi) is 3.91. The standard InChI is InChI=1S/C17H22N4O2/c22-17-21(10-11-23-17)9-8-20-7-3-4-13(12-20)16-18-14-5-1-2-6-15(14)19-16/h1-2,5-6,13H,3-4,7-12H2,(H,18,19)/t13-/m0/s1. The summed E-state index contributed by atoms with van der Waals surface area (Å²) >= 11 is 0. The van der Waals surface area contributed by atoms with Gasteiger partial charge >= 0.3 is 6.09 Å². The van der Waals surface area contributed by atoms with E-state index >= 15 is 0 Å². The Hall–Kier alpha value is -2.08. The Morgan fingerprint density at radius 1 is 1.26 bits per heavy atom. The number of carbonyl (C=O) groups excluding carboxylic acids is 1. The number of likely N-dealkylation sites (tertiary alicyclic amines) is 1. The molecule has 6 heteroatoms. The smallest absolute Gasteiger partial charge is 0.409 e. The monoisotopic (exact) mass is 314 g/mol. The zero-order valence-corrected chi connectivity index (χ0v) is 13.2. The molecular formula is C17H22N4O2. The summed E-state index contributed by atoms with van der Waals surface area (Å²) in [6.45, 7) is 5.01. The van der Waals surface area contributed by atoms with Gasteiger partial charge in [-0.1, -0.05) is 12.1 Å². The molecule has 0 unspecified atom stereocenters. The van der Waals surface area contributed by atoms with Gasteiger partial charge < -0.3 is 19.5 Å². The zero-order chi connectivity index (χ0) is 15.6. The second-order valence-electron chi connectivity index (χ2n) is 6.38. The fraction of sp³-hybridized carbons (Fsp3) is 0.529. The molecular weight excluding hydrogens is 292 g/mol. The average molecular weight is 314 g/mol. The summed E-state index contributed by atoms with van der Waals surface area (Å²) in [5.41, 5.74) is 2.15. The molecule has 2 aromatic rings. The van der Waals surface area contributed by atoms with Crippen molar-refractivity contribution in [2.24, 2.45) is 0 Å². The van der Waals surface area contributed by atoms with Gasteiger partial charge in [0, 0.05) is 25.6 Å². The Labute approximate surface area is 135 Å². The van der Waals surface area contributed by atoms with Crippen LogP contribution in [0.2, 0.25) is 0 Å². The van der Waals surface area contributed by atoms with Crippen molar-refractivity contribution in [2.75, 3.05) is 39.3 Å². The van der Waals surface area contributed by atoms with Gasteiger partial charge in [-0.15, -0.1) is 0 Å². The van der Waals surface area contributed by atoms with E-state index in [1.54, 1.807) is 4.90 Å². The van der Waals surface area contributed by atoms with Crippen LogP contribution in [0.5, 0.6) is 0 Å². The number of fused-ring (bicyclic) bond motifs is 1. The summed E-state index contributed by atoms with van der Waals surface area (Å²) in [5, 5.41) is 0. The first-order chi connectivity index (χ1) is 11.3. The molecule has 1 aromatic carbocycles. The van der Waals surface area contributed by atoms with Gasteiger partial charge in [-0.3, -0.25) is 0 Å². The highest BCUT2D eigenvalue weighted by Crippen LogP contribution is 2.26. The number of aromatic amines is 1. The lowest BCUT2D eigenvalue weighted by atomic mass is 9.97. The third-order valence-electron chi connectivity index (χ3n) is 4.83. The van der Waals surface area contributed by atoms with Crippen molar-refractivity contribution in [1.82, 2.24) is 19.8 Å². The van der Waals surface area contributed by atoms with E-state index in [0.717, 1.165) is 49.6 Å². The normalized spacial score (nSPS) is 22.7. The maximum absolute atomic E-state index is 11.5. The van der Waals surface area contributed by atoms with Crippen LogP contribution in [0.1, 0.15) is 24.6 Å². The van der Waals surface area contributed by atoms with Crippen LogP contribution >= 0.6 is 0 Å². The summed E-state index contributed by atoms with van der Waals surface area (Å²) in [7, 11) is 0. The van der Waals surface area contributed by atoms with Gasteiger partial charge in [0.25, 0.3) is 0 Å². The van der Waals surface area contributed by atoms with E-state index in [1.807, 2.05) is 12.1 Å².